The Kier molecular flexibility index (Phi) is 21.2. The summed E-state index contributed by atoms with van der Waals surface area (Å²) in [6, 6.07) is 0. The molecule has 0 saturated carbocycles. The van der Waals surface area contributed by atoms with Gasteiger partial charge in [-0.1, -0.05) is 0 Å². The van der Waals surface area contributed by atoms with E-state index in [2.05, 4.69) is 0 Å². The SMILES string of the molecule is O=S([O-])O.O=S([O-])O.[Pt+2]. The molecule has 0 bridgehead atoms. The van der Waals surface area contributed by atoms with E-state index in [1.807, 2.05) is 0 Å². The Morgan fingerprint density at radius 3 is 1.00 bits per heavy atom. The van der Waals surface area contributed by atoms with Crippen molar-refractivity contribution in [2.45, 2.75) is 0 Å². The molecule has 0 heterocycles. The van der Waals surface area contributed by atoms with Crippen LogP contribution in [-0.2, 0) is 43.8 Å². The predicted octanol–water partition coefficient (Wildman–Crippen LogP) is -1.33. The molecule has 60 valence electrons. The van der Waals surface area contributed by atoms with Crippen molar-refractivity contribution in [2.24, 2.45) is 0 Å². The van der Waals surface area contributed by atoms with Crippen LogP contribution in [0.15, 0.2) is 0 Å². The van der Waals surface area contributed by atoms with E-state index < -0.39 is 22.7 Å². The maximum atomic E-state index is 8.56. The first-order chi connectivity index (χ1) is 3.46. The molecule has 0 saturated heterocycles. The molecular weight excluding hydrogens is 355 g/mol. The molecule has 0 aromatic rings. The van der Waals surface area contributed by atoms with Crippen LogP contribution in [0, 0.1) is 0 Å². The third-order valence-corrected chi connectivity index (χ3v) is 0. The van der Waals surface area contributed by atoms with Gasteiger partial charge >= 0.3 is 21.1 Å². The molecule has 0 aliphatic heterocycles. The van der Waals surface area contributed by atoms with Crippen LogP contribution in [0.3, 0.4) is 0 Å². The summed E-state index contributed by atoms with van der Waals surface area (Å²) >= 11 is -5.72. The summed E-state index contributed by atoms with van der Waals surface area (Å²) in [5, 5.41) is 0. The quantitative estimate of drug-likeness (QED) is 0.519. The summed E-state index contributed by atoms with van der Waals surface area (Å²) < 4.78 is 48.2. The van der Waals surface area contributed by atoms with Gasteiger partial charge in [0.05, 0.1) is 22.7 Å². The summed E-state index contributed by atoms with van der Waals surface area (Å²) in [7, 11) is 0. The van der Waals surface area contributed by atoms with Gasteiger partial charge in [-0.3, -0.25) is 0 Å². The molecule has 2 unspecified atom stereocenters. The molecule has 0 aliphatic rings. The molecule has 0 aromatic heterocycles. The molecule has 0 amide bonds. The van der Waals surface area contributed by atoms with Gasteiger partial charge in [0.1, 0.15) is 0 Å². The molecule has 0 spiro atoms. The second kappa shape index (κ2) is 11.6. The molecule has 0 radical (unpaired) electrons. The Hall–Kier alpha value is 0.828. The molecule has 0 rings (SSSR count). The van der Waals surface area contributed by atoms with Gasteiger partial charge in [0.2, 0.25) is 0 Å². The molecule has 2 atom stereocenters. The fourth-order valence-electron chi connectivity index (χ4n) is 0. The standard InChI is InChI=1S/2H2O3S.Pt/c2*1-4(2)3;/h2*(H2,1,2,3);/q;;+2/p-2. The topological polar surface area (TPSA) is 121 Å². The fraction of sp³-hybridized carbons (Fsp3) is 0. The predicted molar refractivity (Wildman–Crippen MR) is 23.1 cm³/mol. The van der Waals surface area contributed by atoms with Crippen LogP contribution in [0.5, 0.6) is 0 Å². The number of hydrogen-bond acceptors (Lipinski definition) is 4. The van der Waals surface area contributed by atoms with Gasteiger partial charge in [0, 0.05) is 0 Å². The van der Waals surface area contributed by atoms with Crippen LogP contribution < -0.4 is 0 Å². The Balaban J connectivity index is -0.0000000720. The van der Waals surface area contributed by atoms with Crippen molar-refractivity contribution in [3.8, 4) is 0 Å². The summed E-state index contributed by atoms with van der Waals surface area (Å²) in [6.45, 7) is 0. The Bertz CT molecular complexity index is 69.1. The first-order valence-corrected chi connectivity index (χ1v) is 3.10. The van der Waals surface area contributed by atoms with Crippen molar-refractivity contribution in [1.29, 1.82) is 0 Å². The second-order valence-electron chi connectivity index (χ2n) is 0.434. The maximum absolute atomic E-state index is 8.56. The van der Waals surface area contributed by atoms with Crippen LogP contribution >= 0.6 is 0 Å². The van der Waals surface area contributed by atoms with Gasteiger partial charge < -0.3 is 18.2 Å². The molecule has 9 heavy (non-hydrogen) atoms. The largest absolute Gasteiger partial charge is 2.00 e. The monoisotopic (exact) mass is 357 g/mol. The van der Waals surface area contributed by atoms with E-state index in [9.17, 15) is 0 Å². The maximum Gasteiger partial charge on any atom is 2.00 e. The average Bonchev–Trinajstić information content (AvgIpc) is 1.25. The minimum atomic E-state index is -2.86. The van der Waals surface area contributed by atoms with Crippen LogP contribution in [-0.4, -0.2) is 26.6 Å². The van der Waals surface area contributed by atoms with E-state index in [0.29, 0.717) is 0 Å². The summed E-state index contributed by atoms with van der Waals surface area (Å²) in [5.41, 5.74) is 0. The molecule has 2 N–H and O–H groups in total. The molecule has 6 nitrogen and oxygen atoms in total. The van der Waals surface area contributed by atoms with E-state index in [4.69, 9.17) is 26.6 Å². The van der Waals surface area contributed by atoms with E-state index in [1.54, 1.807) is 0 Å². The van der Waals surface area contributed by atoms with E-state index >= 15 is 0 Å². The van der Waals surface area contributed by atoms with Gasteiger partial charge in [-0.15, -0.1) is 0 Å². The Labute approximate surface area is 70.5 Å². The summed E-state index contributed by atoms with van der Waals surface area (Å²) in [4.78, 5) is 0. The van der Waals surface area contributed by atoms with Crippen molar-refractivity contribution in [3.63, 3.8) is 0 Å². The average molecular weight is 357 g/mol. The van der Waals surface area contributed by atoms with Gasteiger partial charge in [-0.2, -0.15) is 0 Å². The van der Waals surface area contributed by atoms with Crippen LogP contribution in [0.2, 0.25) is 0 Å². The van der Waals surface area contributed by atoms with Crippen molar-refractivity contribution < 1.29 is 47.7 Å². The zero-order chi connectivity index (χ0) is 7.15. The third-order valence-electron chi connectivity index (χ3n) is 0. The minimum absolute atomic E-state index is 0. The van der Waals surface area contributed by atoms with Crippen molar-refractivity contribution in [3.05, 3.63) is 0 Å². The molecule has 0 aromatic carbocycles. The zero-order valence-electron chi connectivity index (χ0n) is 3.66. The number of rotatable bonds is 0. The van der Waals surface area contributed by atoms with Crippen LogP contribution in [0.1, 0.15) is 0 Å². The van der Waals surface area contributed by atoms with Gasteiger partial charge in [0.15, 0.2) is 0 Å². The summed E-state index contributed by atoms with van der Waals surface area (Å²) in [6.07, 6.45) is 0. The Morgan fingerprint density at radius 1 is 1.00 bits per heavy atom. The molecule has 9 heteroatoms. The molecular formula is H2O6PtS2. The third kappa shape index (κ3) is 600. The fourth-order valence-corrected chi connectivity index (χ4v) is 0. The van der Waals surface area contributed by atoms with Crippen LogP contribution in [0.25, 0.3) is 0 Å². The van der Waals surface area contributed by atoms with Gasteiger partial charge in [0.25, 0.3) is 0 Å². The second-order valence-corrected chi connectivity index (χ2v) is 1.30. The number of hydrogen-bond donors (Lipinski definition) is 2. The molecule has 0 fully saturated rings. The summed E-state index contributed by atoms with van der Waals surface area (Å²) in [5.74, 6) is 0. The smallest absolute Gasteiger partial charge is 0.750 e. The van der Waals surface area contributed by atoms with Gasteiger partial charge in [-0.25, -0.2) is 8.42 Å². The molecule has 0 aliphatic carbocycles. The first kappa shape index (κ1) is 16.4. The van der Waals surface area contributed by atoms with Crippen molar-refractivity contribution in [2.75, 3.05) is 0 Å². The van der Waals surface area contributed by atoms with Gasteiger partial charge in [-0.05, 0) is 0 Å². The first-order valence-electron chi connectivity index (χ1n) is 1.03. The minimum Gasteiger partial charge on any atom is -0.750 e. The normalized spacial score (nSPS) is 13.8. The van der Waals surface area contributed by atoms with Crippen molar-refractivity contribution >= 4 is 22.7 Å². The Morgan fingerprint density at radius 2 is 1.00 bits per heavy atom. The zero-order valence-corrected chi connectivity index (χ0v) is 7.57. The van der Waals surface area contributed by atoms with E-state index in [-0.39, 0.29) is 21.1 Å². The van der Waals surface area contributed by atoms with Crippen LogP contribution in [0.4, 0.5) is 0 Å². The van der Waals surface area contributed by atoms with E-state index in [1.165, 1.54) is 0 Å². The van der Waals surface area contributed by atoms with E-state index in [0.717, 1.165) is 0 Å². The van der Waals surface area contributed by atoms with Crippen molar-refractivity contribution in [1.82, 2.24) is 0 Å².